The number of rotatable bonds is 4. The van der Waals surface area contributed by atoms with Crippen molar-refractivity contribution < 1.29 is 9.53 Å². The molecule has 0 aromatic carbocycles. The maximum absolute atomic E-state index is 12.0. The van der Waals surface area contributed by atoms with E-state index in [1.165, 1.54) is 19.3 Å². The molecule has 0 aliphatic carbocycles. The van der Waals surface area contributed by atoms with Gasteiger partial charge in [0.15, 0.2) is 0 Å². The second-order valence-electron chi connectivity index (χ2n) is 6.09. The molecule has 0 radical (unpaired) electrons. The number of unbranched alkanes of at least 4 members (excludes halogenated alkanes) is 1. The van der Waals surface area contributed by atoms with Crippen LogP contribution >= 0.6 is 0 Å². The number of nitrogens with zero attached hydrogens (tertiary/aromatic N) is 1. The predicted octanol–water partition coefficient (Wildman–Crippen LogP) is 2.98. The zero-order valence-corrected chi connectivity index (χ0v) is 12.0. The summed E-state index contributed by atoms with van der Waals surface area (Å²) in [6.07, 6.45) is 5.74. The second-order valence-corrected chi connectivity index (χ2v) is 6.09. The topological polar surface area (TPSA) is 29.5 Å². The molecular weight excluding hydrogens is 214 g/mol. The van der Waals surface area contributed by atoms with Gasteiger partial charge in [0.1, 0.15) is 11.6 Å². The highest BCUT2D eigenvalue weighted by Crippen LogP contribution is 2.27. The van der Waals surface area contributed by atoms with Crippen molar-refractivity contribution >= 4 is 5.97 Å². The number of hydrogen-bond acceptors (Lipinski definition) is 3. The Morgan fingerprint density at radius 3 is 2.53 bits per heavy atom. The van der Waals surface area contributed by atoms with Crippen molar-refractivity contribution in [3.05, 3.63) is 0 Å². The van der Waals surface area contributed by atoms with E-state index < -0.39 is 0 Å². The minimum absolute atomic E-state index is 0.0314. The molecule has 2 unspecified atom stereocenters. The molecule has 0 aromatic rings. The highest BCUT2D eigenvalue weighted by molar-refractivity contribution is 5.76. The van der Waals surface area contributed by atoms with Gasteiger partial charge in [0, 0.05) is 6.04 Å². The fourth-order valence-corrected chi connectivity index (χ4v) is 2.45. The van der Waals surface area contributed by atoms with Gasteiger partial charge in [0.25, 0.3) is 0 Å². The summed E-state index contributed by atoms with van der Waals surface area (Å²) in [5.74, 6) is -0.0565. The molecule has 1 aliphatic heterocycles. The SMILES string of the molecule is CCCCC1CCC(C(=O)OC(C)(C)C)N1C. The summed E-state index contributed by atoms with van der Waals surface area (Å²) < 4.78 is 5.46. The molecule has 0 saturated carbocycles. The van der Waals surface area contributed by atoms with Crippen LogP contribution in [0.4, 0.5) is 0 Å². The third kappa shape index (κ3) is 4.30. The zero-order chi connectivity index (χ0) is 13.1. The van der Waals surface area contributed by atoms with E-state index in [2.05, 4.69) is 18.9 Å². The van der Waals surface area contributed by atoms with Crippen LogP contribution in [0.1, 0.15) is 59.8 Å². The van der Waals surface area contributed by atoms with Crippen LogP contribution in [0.25, 0.3) is 0 Å². The van der Waals surface area contributed by atoms with E-state index in [-0.39, 0.29) is 17.6 Å². The molecule has 0 N–H and O–H groups in total. The van der Waals surface area contributed by atoms with Crippen molar-refractivity contribution in [2.75, 3.05) is 7.05 Å². The summed E-state index contributed by atoms with van der Waals surface area (Å²) in [5.41, 5.74) is -0.376. The van der Waals surface area contributed by atoms with Crippen molar-refractivity contribution in [3.8, 4) is 0 Å². The molecule has 17 heavy (non-hydrogen) atoms. The van der Waals surface area contributed by atoms with E-state index in [1.807, 2.05) is 20.8 Å². The molecule has 0 spiro atoms. The highest BCUT2D eigenvalue weighted by atomic mass is 16.6. The van der Waals surface area contributed by atoms with Gasteiger partial charge in [-0.25, -0.2) is 0 Å². The third-order valence-electron chi connectivity index (χ3n) is 3.41. The quantitative estimate of drug-likeness (QED) is 0.709. The van der Waals surface area contributed by atoms with Crippen LogP contribution in [0, 0.1) is 0 Å². The van der Waals surface area contributed by atoms with Crippen molar-refractivity contribution in [1.82, 2.24) is 4.90 Å². The molecular formula is C14H27NO2. The Balaban J connectivity index is 2.48. The summed E-state index contributed by atoms with van der Waals surface area (Å²) in [7, 11) is 2.06. The third-order valence-corrected chi connectivity index (χ3v) is 3.41. The van der Waals surface area contributed by atoms with Crippen molar-refractivity contribution in [3.63, 3.8) is 0 Å². The Hall–Kier alpha value is -0.570. The zero-order valence-electron chi connectivity index (χ0n) is 12.0. The van der Waals surface area contributed by atoms with Crippen LogP contribution < -0.4 is 0 Å². The smallest absolute Gasteiger partial charge is 0.323 e. The lowest BCUT2D eigenvalue weighted by Crippen LogP contribution is -2.41. The minimum atomic E-state index is -0.376. The number of carbonyl (C=O) groups is 1. The minimum Gasteiger partial charge on any atom is -0.459 e. The van der Waals surface area contributed by atoms with Gasteiger partial charge < -0.3 is 4.74 Å². The summed E-state index contributed by atoms with van der Waals surface area (Å²) in [6.45, 7) is 7.98. The van der Waals surface area contributed by atoms with E-state index in [9.17, 15) is 4.79 Å². The first kappa shape index (κ1) is 14.5. The summed E-state index contributed by atoms with van der Waals surface area (Å²) in [4.78, 5) is 14.2. The van der Waals surface area contributed by atoms with Gasteiger partial charge in [-0.3, -0.25) is 9.69 Å². The molecule has 0 aromatic heterocycles. The Morgan fingerprint density at radius 1 is 1.35 bits per heavy atom. The predicted molar refractivity (Wildman–Crippen MR) is 69.9 cm³/mol. The molecule has 1 fully saturated rings. The Kier molecular flexibility index (Phi) is 4.99. The van der Waals surface area contributed by atoms with Crippen LogP contribution in [-0.4, -0.2) is 35.6 Å². The largest absolute Gasteiger partial charge is 0.459 e. The molecule has 1 rings (SSSR count). The van der Waals surface area contributed by atoms with Gasteiger partial charge in [0.05, 0.1) is 0 Å². The standard InChI is InChI=1S/C14H27NO2/c1-6-7-8-11-9-10-12(15(11)5)13(16)17-14(2,3)4/h11-12H,6-10H2,1-5H3. The van der Waals surface area contributed by atoms with Crippen molar-refractivity contribution in [2.24, 2.45) is 0 Å². The van der Waals surface area contributed by atoms with Crippen molar-refractivity contribution in [1.29, 1.82) is 0 Å². The lowest BCUT2D eigenvalue weighted by molar-refractivity contribution is -0.160. The summed E-state index contributed by atoms with van der Waals surface area (Å²) >= 11 is 0. The molecule has 1 saturated heterocycles. The van der Waals surface area contributed by atoms with E-state index in [4.69, 9.17) is 4.74 Å². The molecule has 3 nitrogen and oxygen atoms in total. The van der Waals surface area contributed by atoms with Crippen LogP contribution in [0.15, 0.2) is 0 Å². The second kappa shape index (κ2) is 5.85. The Labute approximate surface area is 106 Å². The van der Waals surface area contributed by atoms with Gasteiger partial charge in [0.2, 0.25) is 0 Å². The first-order valence-electron chi connectivity index (χ1n) is 6.80. The van der Waals surface area contributed by atoms with Gasteiger partial charge in [-0.1, -0.05) is 19.8 Å². The Bertz CT molecular complexity index is 257. The Morgan fingerprint density at radius 2 is 2.00 bits per heavy atom. The average molecular weight is 241 g/mol. The normalized spacial score (nSPS) is 26.2. The molecule has 100 valence electrons. The number of ether oxygens (including phenoxy) is 1. The van der Waals surface area contributed by atoms with Gasteiger partial charge in [-0.15, -0.1) is 0 Å². The van der Waals surface area contributed by atoms with E-state index >= 15 is 0 Å². The fraction of sp³-hybridized carbons (Fsp3) is 0.929. The monoisotopic (exact) mass is 241 g/mol. The van der Waals surface area contributed by atoms with E-state index in [1.54, 1.807) is 0 Å². The highest BCUT2D eigenvalue weighted by Gasteiger charge is 2.37. The lowest BCUT2D eigenvalue weighted by atomic mass is 10.1. The first-order chi connectivity index (χ1) is 7.85. The number of esters is 1. The average Bonchev–Trinajstić information content (AvgIpc) is 2.54. The first-order valence-corrected chi connectivity index (χ1v) is 6.80. The molecule has 2 atom stereocenters. The van der Waals surface area contributed by atoms with Crippen LogP contribution in [0.3, 0.4) is 0 Å². The summed E-state index contributed by atoms with van der Waals surface area (Å²) in [6, 6.07) is 0.531. The van der Waals surface area contributed by atoms with Gasteiger partial charge >= 0.3 is 5.97 Å². The summed E-state index contributed by atoms with van der Waals surface area (Å²) in [5, 5.41) is 0. The number of hydrogen-bond donors (Lipinski definition) is 0. The molecule has 0 bridgehead atoms. The maximum atomic E-state index is 12.0. The van der Waals surface area contributed by atoms with Crippen LogP contribution in [0.2, 0.25) is 0 Å². The fourth-order valence-electron chi connectivity index (χ4n) is 2.45. The molecule has 3 heteroatoms. The lowest BCUT2D eigenvalue weighted by Gasteiger charge is -2.27. The van der Waals surface area contributed by atoms with Crippen molar-refractivity contribution in [2.45, 2.75) is 77.5 Å². The number of likely N-dealkylation sites (N-methyl/N-ethyl adjacent to an activating group) is 1. The number of likely N-dealkylation sites (tertiary alicyclic amines) is 1. The number of carbonyl (C=O) groups excluding carboxylic acids is 1. The maximum Gasteiger partial charge on any atom is 0.323 e. The molecule has 0 amide bonds. The molecule has 1 aliphatic rings. The molecule has 1 heterocycles. The van der Waals surface area contributed by atoms with E-state index in [0.717, 1.165) is 12.8 Å². The van der Waals surface area contributed by atoms with Gasteiger partial charge in [-0.05, 0) is 47.1 Å². The van der Waals surface area contributed by atoms with Crippen LogP contribution in [0.5, 0.6) is 0 Å². The van der Waals surface area contributed by atoms with Gasteiger partial charge in [-0.2, -0.15) is 0 Å². The van der Waals surface area contributed by atoms with Crippen LogP contribution in [-0.2, 0) is 9.53 Å². The van der Waals surface area contributed by atoms with E-state index in [0.29, 0.717) is 6.04 Å².